The van der Waals surface area contributed by atoms with E-state index in [2.05, 4.69) is 13.2 Å². The van der Waals surface area contributed by atoms with E-state index in [4.69, 9.17) is 4.74 Å². The SMILES string of the molecule is C=Cc1cc(CC2SS(=O)N(CCCOC)S2=O)cc(C=C)c1O. The Balaban J connectivity index is 2.14. The van der Waals surface area contributed by atoms with Crippen LogP contribution in [0.5, 0.6) is 5.75 Å². The minimum Gasteiger partial charge on any atom is -0.507 e. The molecule has 0 bridgehead atoms. The number of aromatic hydroxyl groups is 1. The lowest BCUT2D eigenvalue weighted by Gasteiger charge is -2.13. The molecule has 1 aromatic carbocycles. The van der Waals surface area contributed by atoms with Crippen molar-refractivity contribution in [3.8, 4) is 5.75 Å². The summed E-state index contributed by atoms with van der Waals surface area (Å²) in [4.78, 5) is 0. The lowest BCUT2D eigenvalue weighted by atomic mass is 10.0. The molecule has 0 radical (unpaired) electrons. The van der Waals surface area contributed by atoms with Crippen molar-refractivity contribution in [1.82, 2.24) is 3.71 Å². The van der Waals surface area contributed by atoms with E-state index >= 15 is 0 Å². The average Bonchev–Trinajstić information content (AvgIpc) is 2.83. The van der Waals surface area contributed by atoms with Crippen LogP contribution in [0, 0.1) is 0 Å². The first-order valence-corrected chi connectivity index (χ1v) is 11.1. The number of ether oxygens (including phenoxy) is 1. The van der Waals surface area contributed by atoms with Crippen LogP contribution < -0.4 is 0 Å². The second-order valence-corrected chi connectivity index (χ2v) is 10.3. The van der Waals surface area contributed by atoms with Gasteiger partial charge in [-0.3, -0.25) is 0 Å². The largest absolute Gasteiger partial charge is 0.507 e. The molecule has 1 aliphatic heterocycles. The third kappa shape index (κ3) is 4.37. The second kappa shape index (κ2) is 8.96. The number of hydrogen-bond acceptors (Lipinski definition) is 5. The van der Waals surface area contributed by atoms with Gasteiger partial charge in [-0.15, -0.1) is 3.71 Å². The summed E-state index contributed by atoms with van der Waals surface area (Å²) in [5.41, 5.74) is 2.11. The molecule has 3 atom stereocenters. The molecule has 1 fully saturated rings. The fourth-order valence-corrected chi connectivity index (χ4v) is 8.93. The summed E-state index contributed by atoms with van der Waals surface area (Å²) in [6.07, 6.45) is 4.31. The van der Waals surface area contributed by atoms with E-state index in [0.29, 0.717) is 37.1 Å². The summed E-state index contributed by atoms with van der Waals surface area (Å²) < 4.78 is 31.0. The Morgan fingerprint density at radius 3 is 2.50 bits per heavy atom. The van der Waals surface area contributed by atoms with Gasteiger partial charge in [0.15, 0.2) is 10.0 Å². The number of hydrogen-bond donors (Lipinski definition) is 1. The molecule has 132 valence electrons. The Kier molecular flexibility index (Phi) is 7.24. The number of methoxy groups -OCH3 is 1. The first-order chi connectivity index (χ1) is 11.5. The topological polar surface area (TPSA) is 66.8 Å². The standard InChI is InChI=1S/C16H21NO4S3/c1-4-13-9-12(10-14(5-2)16(13)18)11-15-22-24(20)17(23(15)19)7-6-8-21-3/h4-5,9-10,15,18H,1-2,6-8,11H2,3H3. The van der Waals surface area contributed by atoms with Gasteiger partial charge < -0.3 is 9.84 Å². The Bertz CT molecular complexity index is 648. The van der Waals surface area contributed by atoms with Gasteiger partial charge in [0.25, 0.3) is 0 Å². The fraction of sp³-hybridized carbons (Fsp3) is 0.375. The van der Waals surface area contributed by atoms with Crippen LogP contribution in [0.1, 0.15) is 23.1 Å². The van der Waals surface area contributed by atoms with Crippen molar-refractivity contribution in [1.29, 1.82) is 0 Å². The van der Waals surface area contributed by atoms with Gasteiger partial charge in [0.1, 0.15) is 21.3 Å². The van der Waals surface area contributed by atoms with Crippen molar-refractivity contribution in [2.24, 2.45) is 0 Å². The van der Waals surface area contributed by atoms with E-state index in [9.17, 15) is 13.5 Å². The zero-order valence-electron chi connectivity index (χ0n) is 13.5. The molecule has 24 heavy (non-hydrogen) atoms. The molecule has 2 rings (SSSR count). The molecule has 0 aromatic heterocycles. The number of nitrogens with zero attached hydrogens (tertiary/aromatic N) is 1. The molecule has 0 saturated carbocycles. The Morgan fingerprint density at radius 2 is 1.96 bits per heavy atom. The summed E-state index contributed by atoms with van der Waals surface area (Å²) in [5.74, 6) is 0.133. The summed E-state index contributed by atoms with van der Waals surface area (Å²) in [7, 11) is 0.174. The molecule has 3 unspecified atom stereocenters. The summed E-state index contributed by atoms with van der Waals surface area (Å²) in [6, 6.07) is 3.62. The first-order valence-electron chi connectivity index (χ1n) is 7.38. The molecule has 1 aliphatic rings. The van der Waals surface area contributed by atoms with Crippen molar-refractivity contribution in [3.05, 3.63) is 42.0 Å². The molecule has 5 nitrogen and oxygen atoms in total. The quantitative estimate of drug-likeness (QED) is 0.549. The van der Waals surface area contributed by atoms with E-state index in [0.717, 1.165) is 5.56 Å². The highest BCUT2D eigenvalue weighted by molar-refractivity contribution is 8.73. The van der Waals surface area contributed by atoms with Crippen molar-refractivity contribution < 1.29 is 18.3 Å². The molecular formula is C16H21NO4S3. The fourth-order valence-electron chi connectivity index (χ4n) is 2.34. The molecule has 1 N–H and O–H groups in total. The summed E-state index contributed by atoms with van der Waals surface area (Å²) >= 11 is 0. The zero-order chi connectivity index (χ0) is 17.7. The second-order valence-electron chi connectivity index (χ2n) is 5.16. The van der Waals surface area contributed by atoms with E-state index in [1.165, 1.54) is 14.5 Å². The van der Waals surface area contributed by atoms with Crippen molar-refractivity contribution in [2.45, 2.75) is 17.4 Å². The first kappa shape index (κ1) is 19.4. The molecule has 1 saturated heterocycles. The van der Waals surface area contributed by atoms with Gasteiger partial charge in [-0.1, -0.05) is 25.3 Å². The van der Waals surface area contributed by atoms with Crippen molar-refractivity contribution in [2.75, 3.05) is 20.3 Å². The minimum atomic E-state index is -1.33. The molecule has 0 aliphatic carbocycles. The van der Waals surface area contributed by atoms with Gasteiger partial charge in [-0.05, 0) is 41.3 Å². The zero-order valence-corrected chi connectivity index (χ0v) is 15.9. The maximum absolute atomic E-state index is 12.6. The molecule has 1 heterocycles. The summed E-state index contributed by atoms with van der Waals surface area (Å²) in [6.45, 7) is 8.40. The van der Waals surface area contributed by atoms with Crippen LogP contribution in [-0.4, -0.2) is 42.1 Å². The molecule has 0 spiro atoms. The van der Waals surface area contributed by atoms with E-state index in [-0.39, 0.29) is 10.3 Å². The van der Waals surface area contributed by atoms with Crippen LogP contribution >= 0.6 is 10.8 Å². The van der Waals surface area contributed by atoms with Crippen molar-refractivity contribution in [3.63, 3.8) is 0 Å². The van der Waals surface area contributed by atoms with Crippen LogP contribution in [0.15, 0.2) is 25.3 Å². The average molecular weight is 388 g/mol. The Morgan fingerprint density at radius 1 is 1.33 bits per heavy atom. The number of phenols is 1. The maximum Gasteiger partial charge on any atom is 0.169 e. The van der Waals surface area contributed by atoms with Gasteiger partial charge in [0, 0.05) is 31.4 Å². The van der Waals surface area contributed by atoms with Gasteiger partial charge in [-0.2, -0.15) is 0 Å². The highest BCUT2D eigenvalue weighted by atomic mass is 33.1. The third-order valence-corrected chi connectivity index (χ3v) is 9.81. The van der Waals surface area contributed by atoms with E-state index < -0.39 is 21.0 Å². The van der Waals surface area contributed by atoms with Gasteiger partial charge in [0.05, 0.1) is 0 Å². The van der Waals surface area contributed by atoms with Crippen LogP contribution in [0.3, 0.4) is 0 Å². The lowest BCUT2D eigenvalue weighted by Crippen LogP contribution is -2.26. The van der Waals surface area contributed by atoms with Crippen molar-refractivity contribution >= 4 is 43.9 Å². The van der Waals surface area contributed by atoms with Crippen LogP contribution in [0.4, 0.5) is 0 Å². The monoisotopic (exact) mass is 387 g/mol. The van der Waals surface area contributed by atoms with E-state index in [1.807, 2.05) is 12.1 Å². The Hall–Kier alpha value is -0.930. The summed E-state index contributed by atoms with van der Waals surface area (Å²) in [5, 5.41) is 10.1. The number of phenolic OH excluding ortho intramolecular Hbond substituents is 1. The van der Waals surface area contributed by atoms with Gasteiger partial charge in [-0.25, -0.2) is 8.42 Å². The third-order valence-electron chi connectivity index (χ3n) is 3.54. The maximum atomic E-state index is 12.6. The minimum absolute atomic E-state index is 0.133. The van der Waals surface area contributed by atoms with E-state index in [1.54, 1.807) is 19.3 Å². The van der Waals surface area contributed by atoms with Gasteiger partial charge in [0.2, 0.25) is 0 Å². The Labute approximate surface area is 151 Å². The predicted molar refractivity (Wildman–Crippen MR) is 103 cm³/mol. The lowest BCUT2D eigenvalue weighted by molar-refractivity contribution is 0.193. The van der Waals surface area contributed by atoms with Crippen LogP contribution in [-0.2, 0) is 32.2 Å². The highest BCUT2D eigenvalue weighted by Crippen LogP contribution is 2.36. The van der Waals surface area contributed by atoms with Crippen LogP contribution in [0.2, 0.25) is 0 Å². The smallest absolute Gasteiger partial charge is 0.169 e. The molecule has 1 aromatic rings. The molecule has 8 heteroatoms. The van der Waals surface area contributed by atoms with Gasteiger partial charge >= 0.3 is 0 Å². The molecule has 0 amide bonds. The highest BCUT2D eigenvalue weighted by Gasteiger charge is 2.38. The van der Waals surface area contributed by atoms with Crippen LogP contribution in [0.25, 0.3) is 12.2 Å². The number of rotatable bonds is 8. The predicted octanol–water partition coefficient (Wildman–Crippen LogP) is 2.87. The molecular weight excluding hydrogens is 366 g/mol. The number of benzene rings is 1. The normalized spacial score (nSPS) is 24.1.